The van der Waals surface area contributed by atoms with Crippen LogP contribution in [0.5, 0.6) is 23.0 Å². The summed E-state index contributed by atoms with van der Waals surface area (Å²) < 4.78 is 22.2. The fraction of sp³-hybridized carbons (Fsp3) is 0.222. The molecule has 0 aliphatic carbocycles. The zero-order valence-corrected chi connectivity index (χ0v) is 20.4. The highest BCUT2D eigenvalue weighted by Gasteiger charge is 2.31. The van der Waals surface area contributed by atoms with E-state index in [1.54, 1.807) is 28.4 Å². The molecule has 0 bridgehead atoms. The molecule has 0 amide bonds. The molecule has 3 aromatic rings. The van der Waals surface area contributed by atoms with Crippen molar-refractivity contribution in [2.24, 2.45) is 5.10 Å². The summed E-state index contributed by atoms with van der Waals surface area (Å²) in [5, 5.41) is 7.61. The van der Waals surface area contributed by atoms with Gasteiger partial charge in [-0.05, 0) is 48.6 Å². The average Bonchev–Trinajstić information content (AvgIpc) is 3.30. The van der Waals surface area contributed by atoms with Crippen molar-refractivity contribution in [1.82, 2.24) is 0 Å². The molecule has 4 rings (SSSR count). The van der Waals surface area contributed by atoms with Crippen LogP contribution in [-0.2, 0) is 0 Å². The zero-order valence-electron chi connectivity index (χ0n) is 19.6. The Morgan fingerprint density at radius 2 is 1.44 bits per heavy atom. The number of methoxy groups -OCH3 is 4. The maximum atomic E-state index is 6.13. The Labute approximate surface area is 205 Å². The molecule has 1 aliphatic rings. The molecule has 0 aromatic heterocycles. The number of ether oxygens (including phenoxy) is 4. The van der Waals surface area contributed by atoms with E-state index in [0.29, 0.717) is 34.4 Å². The molecule has 0 saturated heterocycles. The Balaban J connectivity index is 1.73. The monoisotopic (exact) mass is 478 g/mol. The van der Waals surface area contributed by atoms with Gasteiger partial charge in [-0.25, -0.2) is 0 Å². The SMILES string of the molecule is COc1cccc(/C=C\C2=NN(c3ccc(Cl)cc3)[C@@H](c3cccc(OC)c3OC)C2)c1OC. The first-order valence-electron chi connectivity index (χ1n) is 10.8. The summed E-state index contributed by atoms with van der Waals surface area (Å²) in [6.45, 7) is 0. The number of hydrogen-bond donors (Lipinski definition) is 0. The Hall–Kier alpha value is -3.64. The quantitative estimate of drug-likeness (QED) is 0.375. The number of hydrazone groups is 1. The van der Waals surface area contributed by atoms with Crippen LogP contribution in [0.15, 0.2) is 71.8 Å². The summed E-state index contributed by atoms with van der Waals surface area (Å²) in [6, 6.07) is 19.2. The van der Waals surface area contributed by atoms with Crippen molar-refractivity contribution in [1.29, 1.82) is 0 Å². The predicted molar refractivity (Wildman–Crippen MR) is 137 cm³/mol. The van der Waals surface area contributed by atoms with Crippen LogP contribution in [0.3, 0.4) is 0 Å². The number of para-hydroxylation sites is 2. The Bertz CT molecular complexity index is 1210. The first-order valence-corrected chi connectivity index (χ1v) is 11.2. The largest absolute Gasteiger partial charge is 0.493 e. The van der Waals surface area contributed by atoms with E-state index in [1.807, 2.05) is 77.8 Å². The summed E-state index contributed by atoms with van der Waals surface area (Å²) >= 11 is 6.13. The minimum Gasteiger partial charge on any atom is -0.493 e. The van der Waals surface area contributed by atoms with Gasteiger partial charge in [0.1, 0.15) is 0 Å². The van der Waals surface area contributed by atoms with E-state index in [0.717, 1.165) is 22.5 Å². The van der Waals surface area contributed by atoms with Crippen LogP contribution >= 0.6 is 11.6 Å². The number of benzene rings is 3. The molecule has 0 unspecified atom stereocenters. The van der Waals surface area contributed by atoms with Crippen LogP contribution < -0.4 is 24.0 Å². The Kier molecular flexibility index (Phi) is 7.28. The maximum absolute atomic E-state index is 6.13. The van der Waals surface area contributed by atoms with E-state index in [1.165, 1.54) is 0 Å². The fourth-order valence-corrected chi connectivity index (χ4v) is 4.24. The van der Waals surface area contributed by atoms with Crippen molar-refractivity contribution in [3.05, 3.63) is 82.9 Å². The molecule has 6 nitrogen and oxygen atoms in total. The lowest BCUT2D eigenvalue weighted by molar-refractivity contribution is 0.349. The molecule has 3 aromatic carbocycles. The number of anilines is 1. The summed E-state index contributed by atoms with van der Waals surface area (Å²) in [4.78, 5) is 0. The zero-order chi connectivity index (χ0) is 24.1. The first-order chi connectivity index (χ1) is 16.6. The van der Waals surface area contributed by atoms with Gasteiger partial charge in [-0.15, -0.1) is 0 Å². The summed E-state index contributed by atoms with van der Waals surface area (Å²) in [7, 11) is 6.55. The highest BCUT2D eigenvalue weighted by molar-refractivity contribution is 6.30. The molecule has 34 heavy (non-hydrogen) atoms. The minimum absolute atomic E-state index is 0.0851. The van der Waals surface area contributed by atoms with Gasteiger partial charge >= 0.3 is 0 Å². The van der Waals surface area contributed by atoms with Gasteiger partial charge in [0.2, 0.25) is 0 Å². The van der Waals surface area contributed by atoms with E-state index >= 15 is 0 Å². The third-order valence-corrected chi connectivity index (χ3v) is 5.96. The van der Waals surface area contributed by atoms with Crippen molar-refractivity contribution in [3.8, 4) is 23.0 Å². The van der Waals surface area contributed by atoms with E-state index in [-0.39, 0.29) is 6.04 Å². The number of halogens is 1. The molecular formula is C27H27ClN2O4. The van der Waals surface area contributed by atoms with E-state index in [9.17, 15) is 0 Å². The molecule has 176 valence electrons. The van der Waals surface area contributed by atoms with Gasteiger partial charge in [0.05, 0.1) is 45.9 Å². The number of hydrogen-bond acceptors (Lipinski definition) is 6. The molecular weight excluding hydrogens is 452 g/mol. The van der Waals surface area contributed by atoms with E-state index in [2.05, 4.69) is 0 Å². The molecule has 0 N–H and O–H groups in total. The van der Waals surface area contributed by atoms with Crippen LogP contribution in [0.4, 0.5) is 5.69 Å². The second kappa shape index (κ2) is 10.5. The molecule has 1 atom stereocenters. The molecule has 0 spiro atoms. The lowest BCUT2D eigenvalue weighted by Gasteiger charge is -2.26. The van der Waals surface area contributed by atoms with Crippen LogP contribution in [0, 0.1) is 0 Å². The van der Waals surface area contributed by atoms with Crippen LogP contribution in [-0.4, -0.2) is 34.2 Å². The smallest absolute Gasteiger partial charge is 0.167 e. The summed E-state index contributed by atoms with van der Waals surface area (Å²) in [5.74, 6) is 2.74. The molecule has 0 radical (unpaired) electrons. The third kappa shape index (κ3) is 4.68. The molecule has 1 aliphatic heterocycles. The van der Waals surface area contributed by atoms with Crippen LogP contribution in [0.1, 0.15) is 23.6 Å². The first kappa shape index (κ1) is 23.5. The van der Waals surface area contributed by atoms with Crippen LogP contribution in [0.2, 0.25) is 5.02 Å². The highest BCUT2D eigenvalue weighted by Crippen LogP contribution is 2.43. The van der Waals surface area contributed by atoms with E-state index < -0.39 is 0 Å². The second-order valence-electron chi connectivity index (χ2n) is 7.63. The van der Waals surface area contributed by atoms with Crippen molar-refractivity contribution < 1.29 is 18.9 Å². The molecule has 1 heterocycles. The summed E-state index contributed by atoms with van der Waals surface area (Å²) in [5.41, 5.74) is 3.74. The standard InChI is InChI=1S/C27H27ClN2O4/c1-31-24-9-5-7-18(26(24)33-3)11-14-20-17-23(22-8-6-10-25(32-2)27(22)34-4)30(29-20)21-15-12-19(28)13-16-21/h5-16,23H,17H2,1-4H3/b14-11-/t23-/m1/s1. The lowest BCUT2D eigenvalue weighted by atomic mass is 9.99. The highest BCUT2D eigenvalue weighted by atomic mass is 35.5. The van der Waals surface area contributed by atoms with Gasteiger partial charge in [0.25, 0.3) is 0 Å². The molecule has 7 heteroatoms. The normalized spacial score (nSPS) is 15.4. The number of allylic oxidation sites excluding steroid dienone is 1. The Morgan fingerprint density at radius 3 is 2.09 bits per heavy atom. The minimum atomic E-state index is -0.0851. The molecule has 0 saturated carbocycles. The van der Waals surface area contributed by atoms with Gasteiger partial charge < -0.3 is 18.9 Å². The second-order valence-corrected chi connectivity index (χ2v) is 8.07. The van der Waals surface area contributed by atoms with Gasteiger partial charge in [0, 0.05) is 22.6 Å². The Morgan fingerprint density at radius 1 is 0.794 bits per heavy atom. The van der Waals surface area contributed by atoms with E-state index in [4.69, 9.17) is 35.6 Å². The fourth-order valence-electron chi connectivity index (χ4n) is 4.11. The number of rotatable bonds is 8. The number of nitrogens with zero attached hydrogens (tertiary/aromatic N) is 2. The third-order valence-electron chi connectivity index (χ3n) is 5.71. The van der Waals surface area contributed by atoms with Crippen LogP contribution in [0.25, 0.3) is 6.08 Å². The predicted octanol–water partition coefficient (Wildman–Crippen LogP) is 6.40. The van der Waals surface area contributed by atoms with Crippen molar-refractivity contribution in [2.45, 2.75) is 12.5 Å². The summed E-state index contributed by atoms with van der Waals surface area (Å²) in [6.07, 6.45) is 4.67. The van der Waals surface area contributed by atoms with Gasteiger partial charge in [0.15, 0.2) is 23.0 Å². The van der Waals surface area contributed by atoms with Gasteiger partial charge in [-0.1, -0.05) is 35.9 Å². The van der Waals surface area contributed by atoms with Crippen molar-refractivity contribution in [3.63, 3.8) is 0 Å². The molecule has 0 fully saturated rings. The maximum Gasteiger partial charge on any atom is 0.167 e. The van der Waals surface area contributed by atoms with Gasteiger partial charge in [-0.2, -0.15) is 5.10 Å². The lowest BCUT2D eigenvalue weighted by Crippen LogP contribution is -2.19. The average molecular weight is 479 g/mol. The van der Waals surface area contributed by atoms with Crippen molar-refractivity contribution >= 4 is 29.1 Å². The van der Waals surface area contributed by atoms with Gasteiger partial charge in [-0.3, -0.25) is 5.01 Å². The van der Waals surface area contributed by atoms with Crippen molar-refractivity contribution in [2.75, 3.05) is 33.4 Å². The topological polar surface area (TPSA) is 52.5 Å².